The van der Waals surface area contributed by atoms with Gasteiger partial charge in [-0.15, -0.1) is 0 Å². The van der Waals surface area contributed by atoms with Crippen LogP contribution in [0.1, 0.15) is 5.56 Å². The number of hydrogen-bond acceptors (Lipinski definition) is 3. The second-order valence-corrected chi connectivity index (χ2v) is 2.58. The van der Waals surface area contributed by atoms with Gasteiger partial charge >= 0.3 is 0 Å². The number of nitriles is 3. The van der Waals surface area contributed by atoms with Crippen molar-refractivity contribution in [2.24, 2.45) is 0 Å². The first-order valence-electron chi connectivity index (χ1n) is 3.76. The van der Waals surface area contributed by atoms with E-state index in [9.17, 15) is 0 Å². The maximum Gasteiger partial charge on any atom is 0.136 e. The van der Waals surface area contributed by atoms with Crippen molar-refractivity contribution in [3.05, 3.63) is 34.2 Å². The lowest BCUT2D eigenvalue weighted by Gasteiger charge is -1.90. The molecule has 0 bridgehead atoms. The standard InChI is InChI=1S/C11H5N3/c1-8-2-3-9(4-10(8)5-12)11(6-13)7-14/h2-4H,1H2. The van der Waals surface area contributed by atoms with Crippen LogP contribution in [0.15, 0.2) is 18.2 Å². The summed E-state index contributed by atoms with van der Waals surface area (Å²) in [6, 6.07) is 10.2. The van der Waals surface area contributed by atoms with E-state index in [1.165, 1.54) is 6.07 Å². The van der Waals surface area contributed by atoms with E-state index in [2.05, 4.69) is 6.58 Å². The lowest BCUT2D eigenvalue weighted by Crippen LogP contribution is -2.12. The Labute approximate surface area is 81.1 Å². The predicted octanol–water partition coefficient (Wildman–Crippen LogP) is 0.166. The molecule has 0 aliphatic rings. The first kappa shape index (κ1) is 9.52. The van der Waals surface area contributed by atoms with Gasteiger partial charge in [0.2, 0.25) is 0 Å². The largest absolute Gasteiger partial charge is 0.192 e. The normalized spacial score (nSPS) is 8.07. The third kappa shape index (κ3) is 1.61. The fourth-order valence-electron chi connectivity index (χ4n) is 0.990. The quantitative estimate of drug-likeness (QED) is 0.569. The Morgan fingerprint density at radius 2 is 1.79 bits per heavy atom. The molecule has 0 aromatic heterocycles. The molecule has 0 spiro atoms. The number of benzene rings is 1. The van der Waals surface area contributed by atoms with E-state index in [4.69, 9.17) is 15.8 Å². The lowest BCUT2D eigenvalue weighted by molar-refractivity contribution is 1.42. The summed E-state index contributed by atoms with van der Waals surface area (Å²) in [7, 11) is 0. The smallest absolute Gasteiger partial charge is 0.136 e. The van der Waals surface area contributed by atoms with Crippen molar-refractivity contribution in [1.82, 2.24) is 0 Å². The highest BCUT2D eigenvalue weighted by Gasteiger charge is 1.96. The van der Waals surface area contributed by atoms with Crippen LogP contribution < -0.4 is 10.4 Å². The zero-order valence-electron chi connectivity index (χ0n) is 7.28. The van der Waals surface area contributed by atoms with Gasteiger partial charge in [0.1, 0.15) is 17.7 Å². The van der Waals surface area contributed by atoms with Crippen molar-refractivity contribution in [2.75, 3.05) is 0 Å². The fraction of sp³-hybridized carbons (Fsp3) is 0. The van der Waals surface area contributed by atoms with Gasteiger partial charge in [0, 0.05) is 5.22 Å². The predicted molar refractivity (Wildman–Crippen MR) is 50.6 cm³/mol. The van der Waals surface area contributed by atoms with Gasteiger partial charge in [-0.05, 0) is 11.3 Å². The summed E-state index contributed by atoms with van der Waals surface area (Å²) in [6.45, 7) is 3.65. The van der Waals surface area contributed by atoms with Gasteiger partial charge in [-0.1, -0.05) is 18.7 Å². The van der Waals surface area contributed by atoms with E-state index in [-0.39, 0.29) is 5.57 Å². The van der Waals surface area contributed by atoms with Crippen molar-refractivity contribution >= 4 is 12.2 Å². The third-order valence-electron chi connectivity index (χ3n) is 1.74. The van der Waals surface area contributed by atoms with Crippen molar-refractivity contribution in [2.45, 2.75) is 0 Å². The number of nitrogens with zero attached hydrogens (tertiary/aromatic N) is 3. The van der Waals surface area contributed by atoms with Crippen LogP contribution in [-0.4, -0.2) is 0 Å². The van der Waals surface area contributed by atoms with Gasteiger partial charge in [-0.2, -0.15) is 15.8 Å². The van der Waals surface area contributed by atoms with Crippen molar-refractivity contribution in [3.8, 4) is 18.2 Å². The highest BCUT2D eigenvalue weighted by atomic mass is 14.3. The molecule has 14 heavy (non-hydrogen) atoms. The van der Waals surface area contributed by atoms with Gasteiger partial charge in [0.25, 0.3) is 0 Å². The monoisotopic (exact) mass is 179 g/mol. The van der Waals surface area contributed by atoms with Gasteiger partial charge in [0.05, 0.1) is 11.6 Å². The van der Waals surface area contributed by atoms with Crippen LogP contribution in [0.4, 0.5) is 0 Å². The molecule has 0 N–H and O–H groups in total. The van der Waals surface area contributed by atoms with Crippen LogP contribution in [0, 0.1) is 34.0 Å². The van der Waals surface area contributed by atoms with E-state index in [1.54, 1.807) is 24.3 Å². The van der Waals surface area contributed by atoms with Gasteiger partial charge in [0.15, 0.2) is 0 Å². The van der Waals surface area contributed by atoms with Crippen molar-refractivity contribution < 1.29 is 0 Å². The Kier molecular flexibility index (Phi) is 2.65. The second-order valence-electron chi connectivity index (χ2n) is 2.58. The summed E-state index contributed by atoms with van der Waals surface area (Å²) in [5.74, 6) is 0. The van der Waals surface area contributed by atoms with Crippen LogP contribution in [0.25, 0.3) is 12.2 Å². The number of rotatable bonds is 0. The first-order chi connectivity index (χ1) is 6.72. The Bertz CT molecular complexity index is 575. The van der Waals surface area contributed by atoms with E-state index < -0.39 is 0 Å². The first-order valence-corrected chi connectivity index (χ1v) is 3.76. The summed E-state index contributed by atoms with van der Waals surface area (Å²) in [4.78, 5) is 0. The fourth-order valence-corrected chi connectivity index (χ4v) is 0.990. The molecule has 0 atom stereocenters. The average molecular weight is 179 g/mol. The molecule has 64 valence electrons. The second kappa shape index (κ2) is 3.90. The van der Waals surface area contributed by atoms with Crippen molar-refractivity contribution in [1.29, 1.82) is 15.8 Å². The minimum Gasteiger partial charge on any atom is -0.192 e. The minimum atomic E-state index is 0.00139. The maximum atomic E-state index is 8.70. The molecule has 0 fully saturated rings. The highest BCUT2D eigenvalue weighted by molar-refractivity contribution is 5.72. The van der Waals surface area contributed by atoms with E-state index in [0.717, 1.165) is 0 Å². The van der Waals surface area contributed by atoms with Crippen molar-refractivity contribution in [3.63, 3.8) is 0 Å². The van der Waals surface area contributed by atoms with E-state index >= 15 is 0 Å². The molecule has 0 aliphatic heterocycles. The summed E-state index contributed by atoms with van der Waals surface area (Å²) in [6.07, 6.45) is 0. The Balaban J connectivity index is 3.69. The summed E-state index contributed by atoms with van der Waals surface area (Å²) < 4.78 is 0. The van der Waals surface area contributed by atoms with Gasteiger partial charge in [-0.3, -0.25) is 0 Å². The van der Waals surface area contributed by atoms with Crippen LogP contribution in [0.2, 0.25) is 0 Å². The molecule has 1 aromatic rings. The molecule has 1 aromatic carbocycles. The lowest BCUT2D eigenvalue weighted by atomic mass is 10.1. The van der Waals surface area contributed by atoms with E-state index in [1.807, 2.05) is 6.07 Å². The molecule has 0 saturated heterocycles. The molecule has 0 unspecified atom stereocenters. The topological polar surface area (TPSA) is 71.4 Å². The average Bonchev–Trinajstić information content (AvgIpc) is 2.22. The summed E-state index contributed by atoms with van der Waals surface area (Å²) >= 11 is 0. The Morgan fingerprint density at radius 1 is 1.14 bits per heavy atom. The summed E-state index contributed by atoms with van der Waals surface area (Å²) in [5, 5.41) is 27.0. The molecule has 0 amide bonds. The number of hydrogen-bond donors (Lipinski definition) is 0. The molecular weight excluding hydrogens is 174 g/mol. The molecule has 0 radical (unpaired) electrons. The SMILES string of the molecule is C=c1ccc(=C(C#N)C#N)cc1C#N. The molecule has 1 rings (SSSR count). The van der Waals surface area contributed by atoms with Crippen LogP contribution in [-0.2, 0) is 0 Å². The molecule has 3 nitrogen and oxygen atoms in total. The highest BCUT2D eigenvalue weighted by Crippen LogP contribution is 1.88. The molecular formula is C11H5N3. The van der Waals surface area contributed by atoms with Gasteiger partial charge in [-0.25, -0.2) is 0 Å². The minimum absolute atomic E-state index is 0.00139. The van der Waals surface area contributed by atoms with Gasteiger partial charge < -0.3 is 0 Å². The third-order valence-corrected chi connectivity index (χ3v) is 1.74. The summed E-state index contributed by atoms with van der Waals surface area (Å²) in [5.41, 5.74) is 0.381. The Morgan fingerprint density at radius 3 is 2.29 bits per heavy atom. The molecule has 0 aliphatic carbocycles. The van der Waals surface area contributed by atoms with Crippen LogP contribution >= 0.6 is 0 Å². The van der Waals surface area contributed by atoms with Crippen LogP contribution in [0.3, 0.4) is 0 Å². The van der Waals surface area contributed by atoms with E-state index in [0.29, 0.717) is 16.0 Å². The molecule has 0 saturated carbocycles. The zero-order chi connectivity index (χ0) is 10.6. The Hall–Kier alpha value is -2.57. The maximum absolute atomic E-state index is 8.70. The van der Waals surface area contributed by atoms with Crippen LogP contribution in [0.5, 0.6) is 0 Å². The molecule has 3 heteroatoms. The molecule has 0 heterocycles. The zero-order valence-corrected chi connectivity index (χ0v) is 7.28.